The maximum Gasteiger partial charge on any atom is 0.300 e. The van der Waals surface area contributed by atoms with Gasteiger partial charge in [0.05, 0.1) is 18.4 Å². The van der Waals surface area contributed by atoms with Crippen molar-refractivity contribution >= 4 is 23.1 Å². The van der Waals surface area contributed by atoms with Gasteiger partial charge in [-0.3, -0.25) is 14.5 Å². The number of hydrogen-bond acceptors (Lipinski definition) is 5. The molecule has 3 aromatic rings. The van der Waals surface area contributed by atoms with E-state index in [9.17, 15) is 14.7 Å². The minimum atomic E-state index is -0.888. The monoisotopic (exact) mass is 445 g/mol. The van der Waals surface area contributed by atoms with E-state index in [2.05, 4.69) is 0 Å². The molecule has 0 radical (unpaired) electrons. The van der Waals surface area contributed by atoms with Crippen LogP contribution >= 0.6 is 0 Å². The molecule has 1 atom stereocenters. The van der Waals surface area contributed by atoms with Gasteiger partial charge >= 0.3 is 0 Å². The molecule has 170 valence electrons. The number of furan rings is 1. The van der Waals surface area contributed by atoms with Crippen molar-refractivity contribution in [1.29, 1.82) is 0 Å². The molecule has 1 amide bonds. The lowest BCUT2D eigenvalue weighted by atomic mass is 9.98. The molecule has 0 bridgehead atoms. The predicted octanol–water partition coefficient (Wildman–Crippen LogP) is 5.56. The number of hydrogen-bond donors (Lipinski definition) is 1. The molecule has 1 aliphatic heterocycles. The van der Waals surface area contributed by atoms with Gasteiger partial charge in [-0.1, -0.05) is 38.1 Å². The third kappa shape index (κ3) is 4.16. The van der Waals surface area contributed by atoms with Crippen LogP contribution in [0.5, 0.6) is 5.75 Å². The summed E-state index contributed by atoms with van der Waals surface area (Å²) in [6.07, 6.45) is 1.49. The van der Waals surface area contributed by atoms with Gasteiger partial charge < -0.3 is 14.3 Å². The number of anilines is 1. The first-order chi connectivity index (χ1) is 15.8. The normalized spacial score (nSPS) is 17.7. The Bertz CT molecular complexity index is 1220. The summed E-state index contributed by atoms with van der Waals surface area (Å²) < 4.78 is 11.4. The van der Waals surface area contributed by atoms with Gasteiger partial charge in [0, 0.05) is 11.3 Å². The molecular weight excluding hydrogens is 418 g/mol. The molecule has 1 fully saturated rings. The minimum absolute atomic E-state index is 0.0168. The highest BCUT2D eigenvalue weighted by molar-refractivity contribution is 6.51. The first-order valence-corrected chi connectivity index (χ1v) is 10.9. The van der Waals surface area contributed by atoms with Crippen LogP contribution in [0.3, 0.4) is 0 Å². The smallest absolute Gasteiger partial charge is 0.300 e. The van der Waals surface area contributed by atoms with Gasteiger partial charge in [0.15, 0.2) is 0 Å². The van der Waals surface area contributed by atoms with Crippen LogP contribution in [-0.2, 0) is 9.59 Å². The summed E-state index contributed by atoms with van der Waals surface area (Å²) in [6.45, 7) is 8.45. The second kappa shape index (κ2) is 8.98. The van der Waals surface area contributed by atoms with Crippen LogP contribution in [0.15, 0.2) is 70.9 Å². The Labute approximate surface area is 193 Å². The fourth-order valence-electron chi connectivity index (χ4n) is 3.95. The van der Waals surface area contributed by atoms with Crippen LogP contribution in [0, 0.1) is 19.8 Å². The van der Waals surface area contributed by atoms with Crippen molar-refractivity contribution in [1.82, 2.24) is 0 Å². The van der Waals surface area contributed by atoms with E-state index in [-0.39, 0.29) is 11.3 Å². The van der Waals surface area contributed by atoms with Gasteiger partial charge in [-0.15, -0.1) is 0 Å². The van der Waals surface area contributed by atoms with Gasteiger partial charge in [0.2, 0.25) is 0 Å². The van der Waals surface area contributed by atoms with Gasteiger partial charge in [0.1, 0.15) is 23.3 Å². The number of carbonyl (C=O) groups is 2. The molecule has 1 saturated heterocycles. The van der Waals surface area contributed by atoms with E-state index in [1.165, 1.54) is 11.2 Å². The number of ether oxygens (including phenoxy) is 1. The zero-order valence-electron chi connectivity index (χ0n) is 19.2. The van der Waals surface area contributed by atoms with Crippen LogP contribution in [0.1, 0.15) is 42.3 Å². The van der Waals surface area contributed by atoms with E-state index in [1.54, 1.807) is 42.5 Å². The van der Waals surface area contributed by atoms with Crippen molar-refractivity contribution in [2.45, 2.75) is 33.7 Å². The highest BCUT2D eigenvalue weighted by Crippen LogP contribution is 2.43. The Morgan fingerprint density at radius 1 is 1.09 bits per heavy atom. The second-order valence-electron chi connectivity index (χ2n) is 8.64. The van der Waals surface area contributed by atoms with Crippen LogP contribution < -0.4 is 9.64 Å². The Balaban J connectivity index is 1.86. The molecule has 4 rings (SSSR count). The number of benzene rings is 2. The number of amides is 1. The largest absolute Gasteiger partial charge is 0.507 e. The third-order valence-corrected chi connectivity index (χ3v) is 5.78. The molecule has 6 nitrogen and oxygen atoms in total. The number of rotatable bonds is 6. The fraction of sp³-hybridized carbons (Fsp3) is 0.259. The average molecular weight is 446 g/mol. The lowest BCUT2D eigenvalue weighted by Crippen LogP contribution is -2.30. The molecule has 2 aromatic carbocycles. The first-order valence-electron chi connectivity index (χ1n) is 10.9. The first kappa shape index (κ1) is 22.4. The molecule has 0 aliphatic carbocycles. The minimum Gasteiger partial charge on any atom is -0.507 e. The summed E-state index contributed by atoms with van der Waals surface area (Å²) in [6, 6.07) is 15.0. The number of carbonyl (C=O) groups excluding carboxylic acids is 2. The van der Waals surface area contributed by atoms with Crippen molar-refractivity contribution in [3.63, 3.8) is 0 Å². The molecule has 6 heteroatoms. The summed E-state index contributed by atoms with van der Waals surface area (Å²) in [5, 5.41) is 11.3. The van der Waals surface area contributed by atoms with Gasteiger partial charge in [-0.05, 0) is 61.2 Å². The summed E-state index contributed by atoms with van der Waals surface area (Å²) in [5.41, 5.74) is 2.85. The number of aryl methyl sites for hydroxylation is 1. The van der Waals surface area contributed by atoms with Crippen LogP contribution in [-0.4, -0.2) is 23.4 Å². The second-order valence-corrected chi connectivity index (χ2v) is 8.64. The molecular formula is C27H27NO5. The Morgan fingerprint density at radius 3 is 2.55 bits per heavy atom. The summed E-state index contributed by atoms with van der Waals surface area (Å²) in [7, 11) is 0. The number of aliphatic hydroxyl groups excluding tert-OH is 1. The van der Waals surface area contributed by atoms with Crippen LogP contribution in [0.25, 0.3) is 5.76 Å². The zero-order valence-corrected chi connectivity index (χ0v) is 19.2. The van der Waals surface area contributed by atoms with Gasteiger partial charge in [-0.25, -0.2) is 0 Å². The number of ketones is 1. The molecule has 1 N–H and O–H groups in total. The maximum absolute atomic E-state index is 13.2. The van der Waals surface area contributed by atoms with Crippen molar-refractivity contribution in [3.05, 3.63) is 88.9 Å². The van der Waals surface area contributed by atoms with Crippen molar-refractivity contribution in [2.75, 3.05) is 11.5 Å². The third-order valence-electron chi connectivity index (χ3n) is 5.78. The van der Waals surface area contributed by atoms with E-state index >= 15 is 0 Å². The van der Waals surface area contributed by atoms with Gasteiger partial charge in [0.25, 0.3) is 11.7 Å². The lowest BCUT2D eigenvalue weighted by Gasteiger charge is -2.25. The molecule has 1 unspecified atom stereocenters. The summed E-state index contributed by atoms with van der Waals surface area (Å²) in [4.78, 5) is 27.9. The Morgan fingerprint density at radius 2 is 1.85 bits per heavy atom. The SMILES string of the molecule is Cc1cccc(N2C(=O)C(=O)/C(=C(\O)c3cccc(OCC(C)C)c3)C2c2ccco2)c1C. The Kier molecular flexibility index (Phi) is 6.09. The van der Waals surface area contributed by atoms with Crippen molar-refractivity contribution in [3.8, 4) is 5.75 Å². The number of Topliss-reactive ketones (excluding diaryl/α,β-unsaturated/α-hetero) is 1. The highest BCUT2D eigenvalue weighted by Gasteiger charge is 2.48. The molecule has 2 heterocycles. The molecule has 0 spiro atoms. The predicted molar refractivity (Wildman–Crippen MR) is 126 cm³/mol. The van der Waals surface area contributed by atoms with Crippen LogP contribution in [0.2, 0.25) is 0 Å². The molecule has 1 aromatic heterocycles. The molecule has 1 aliphatic rings. The number of nitrogens with zero attached hydrogens (tertiary/aromatic N) is 1. The topological polar surface area (TPSA) is 80.0 Å². The maximum atomic E-state index is 13.2. The zero-order chi connectivity index (χ0) is 23.7. The van der Waals surface area contributed by atoms with Gasteiger partial charge in [-0.2, -0.15) is 0 Å². The molecule has 33 heavy (non-hydrogen) atoms. The Hall–Kier alpha value is -3.80. The van der Waals surface area contributed by atoms with E-state index in [0.717, 1.165) is 11.1 Å². The number of aliphatic hydroxyl groups is 1. The standard InChI is InChI=1S/C27H27NO5/c1-16(2)15-33-20-10-6-9-19(14-20)25(29)23-24(22-12-7-13-32-22)28(27(31)26(23)30)21-11-5-8-17(3)18(21)4/h5-14,16,24,29H,15H2,1-4H3/b25-23-. The summed E-state index contributed by atoms with van der Waals surface area (Å²) in [5.74, 6) is -0.432. The van der Waals surface area contributed by atoms with Crippen molar-refractivity contribution < 1.29 is 23.8 Å². The lowest BCUT2D eigenvalue weighted by molar-refractivity contribution is -0.132. The molecule has 0 saturated carbocycles. The summed E-state index contributed by atoms with van der Waals surface area (Å²) >= 11 is 0. The van der Waals surface area contributed by atoms with E-state index in [1.807, 2.05) is 39.8 Å². The van der Waals surface area contributed by atoms with E-state index < -0.39 is 17.7 Å². The fourth-order valence-corrected chi connectivity index (χ4v) is 3.95. The average Bonchev–Trinajstić information content (AvgIpc) is 3.41. The van der Waals surface area contributed by atoms with Crippen LogP contribution in [0.4, 0.5) is 5.69 Å². The quantitative estimate of drug-likeness (QED) is 0.305. The van der Waals surface area contributed by atoms with E-state index in [0.29, 0.717) is 35.3 Å². The van der Waals surface area contributed by atoms with E-state index in [4.69, 9.17) is 9.15 Å². The van der Waals surface area contributed by atoms with Crippen molar-refractivity contribution in [2.24, 2.45) is 5.92 Å². The highest BCUT2D eigenvalue weighted by atomic mass is 16.5.